The molecule has 2 unspecified atom stereocenters. The second-order valence-corrected chi connectivity index (χ2v) is 4.98. The molecule has 1 aromatic carbocycles. The number of hydrogen-bond donors (Lipinski definition) is 1. The summed E-state index contributed by atoms with van der Waals surface area (Å²) in [6.45, 7) is 5.48. The van der Waals surface area contributed by atoms with Crippen LogP contribution in [0, 0.1) is 17.0 Å². The number of rotatable bonds is 5. The highest BCUT2D eigenvalue weighted by Crippen LogP contribution is 2.27. The molecule has 0 aliphatic carbocycles. The van der Waals surface area contributed by atoms with Crippen molar-refractivity contribution in [3.05, 3.63) is 39.8 Å². The van der Waals surface area contributed by atoms with Crippen LogP contribution in [-0.4, -0.2) is 26.3 Å². The zero-order valence-electron chi connectivity index (χ0n) is 12.1. The molecular weight excluding hydrogens is 274 g/mol. The Morgan fingerprint density at radius 2 is 2.19 bits per heavy atom. The van der Waals surface area contributed by atoms with Gasteiger partial charge in [0.2, 0.25) is 11.7 Å². The van der Waals surface area contributed by atoms with Gasteiger partial charge in [0.05, 0.1) is 16.9 Å². The van der Waals surface area contributed by atoms with Crippen molar-refractivity contribution in [3.8, 4) is 11.4 Å². The van der Waals surface area contributed by atoms with Crippen LogP contribution in [0.2, 0.25) is 0 Å². The van der Waals surface area contributed by atoms with E-state index in [1.54, 1.807) is 13.0 Å². The molecule has 21 heavy (non-hydrogen) atoms. The number of aliphatic hydroxyl groups excluding tert-OH is 1. The number of aryl methyl sites for hydroxylation is 1. The number of aromatic nitrogens is 2. The highest BCUT2D eigenvalue weighted by atomic mass is 16.6. The van der Waals surface area contributed by atoms with Crippen LogP contribution >= 0.6 is 0 Å². The molecule has 0 radical (unpaired) electrons. The summed E-state index contributed by atoms with van der Waals surface area (Å²) in [4.78, 5) is 14.6. The third kappa shape index (κ3) is 3.08. The predicted octanol–water partition coefficient (Wildman–Crippen LogP) is 2.83. The maximum absolute atomic E-state index is 10.8. The molecule has 0 aliphatic heterocycles. The largest absolute Gasteiger partial charge is 0.392 e. The smallest absolute Gasteiger partial charge is 0.270 e. The van der Waals surface area contributed by atoms with Crippen molar-refractivity contribution in [3.63, 3.8) is 0 Å². The van der Waals surface area contributed by atoms with E-state index < -0.39 is 11.0 Å². The molecule has 2 rings (SSSR count). The summed E-state index contributed by atoms with van der Waals surface area (Å²) in [6.07, 6.45) is 0.0128. The van der Waals surface area contributed by atoms with Crippen LogP contribution in [0.4, 0.5) is 5.69 Å². The van der Waals surface area contributed by atoms with E-state index in [-0.39, 0.29) is 11.6 Å². The van der Waals surface area contributed by atoms with Crippen molar-refractivity contribution in [1.29, 1.82) is 0 Å². The van der Waals surface area contributed by atoms with Crippen molar-refractivity contribution >= 4 is 5.69 Å². The summed E-state index contributed by atoms with van der Waals surface area (Å²) < 4.78 is 5.17. The minimum absolute atomic E-state index is 0.0245. The van der Waals surface area contributed by atoms with E-state index in [2.05, 4.69) is 10.1 Å². The van der Waals surface area contributed by atoms with Crippen molar-refractivity contribution < 1.29 is 14.6 Å². The maximum atomic E-state index is 10.8. The predicted molar refractivity (Wildman–Crippen MR) is 75.8 cm³/mol. The fourth-order valence-electron chi connectivity index (χ4n) is 2.01. The van der Waals surface area contributed by atoms with E-state index >= 15 is 0 Å². The first-order chi connectivity index (χ1) is 9.93. The van der Waals surface area contributed by atoms with Crippen LogP contribution < -0.4 is 0 Å². The minimum Gasteiger partial charge on any atom is -0.392 e. The Morgan fingerprint density at radius 1 is 1.48 bits per heavy atom. The van der Waals surface area contributed by atoms with Crippen LogP contribution in [0.25, 0.3) is 11.4 Å². The monoisotopic (exact) mass is 291 g/mol. The average molecular weight is 291 g/mol. The van der Waals surface area contributed by atoms with Gasteiger partial charge in [-0.3, -0.25) is 10.1 Å². The fraction of sp³-hybridized carbons (Fsp3) is 0.429. The Hall–Kier alpha value is -2.28. The number of nitro benzene ring substituents is 1. The quantitative estimate of drug-likeness (QED) is 0.671. The lowest BCUT2D eigenvalue weighted by Crippen LogP contribution is -2.14. The summed E-state index contributed by atoms with van der Waals surface area (Å²) in [5, 5.41) is 24.5. The van der Waals surface area contributed by atoms with Gasteiger partial charge in [-0.25, -0.2) is 0 Å². The number of nitro groups is 1. The van der Waals surface area contributed by atoms with E-state index in [1.807, 2.05) is 13.8 Å². The summed E-state index contributed by atoms with van der Waals surface area (Å²) in [5.74, 6) is 0.335. The molecule has 0 saturated carbocycles. The second kappa shape index (κ2) is 6.01. The molecule has 0 fully saturated rings. The maximum Gasteiger partial charge on any atom is 0.270 e. The molecule has 0 saturated heterocycles. The van der Waals surface area contributed by atoms with E-state index in [1.165, 1.54) is 12.1 Å². The molecular formula is C14H17N3O4. The van der Waals surface area contributed by atoms with Gasteiger partial charge >= 0.3 is 0 Å². The lowest BCUT2D eigenvalue weighted by molar-refractivity contribution is -0.384. The third-order valence-electron chi connectivity index (χ3n) is 3.50. The molecule has 0 amide bonds. The van der Waals surface area contributed by atoms with Crippen molar-refractivity contribution in [2.45, 2.75) is 39.2 Å². The topological polar surface area (TPSA) is 102 Å². The summed E-state index contributed by atoms with van der Waals surface area (Å²) in [7, 11) is 0. The van der Waals surface area contributed by atoms with Crippen LogP contribution in [0.15, 0.2) is 22.7 Å². The van der Waals surface area contributed by atoms with Crippen LogP contribution in [-0.2, 0) is 0 Å². The molecule has 0 aliphatic rings. The molecule has 2 aromatic rings. The van der Waals surface area contributed by atoms with E-state index in [0.29, 0.717) is 23.7 Å². The molecule has 7 heteroatoms. The Labute approximate surface area is 121 Å². The zero-order valence-corrected chi connectivity index (χ0v) is 12.1. The second-order valence-electron chi connectivity index (χ2n) is 4.98. The first-order valence-electron chi connectivity index (χ1n) is 6.71. The Balaban J connectivity index is 2.37. The third-order valence-corrected chi connectivity index (χ3v) is 3.50. The molecule has 1 heterocycles. The summed E-state index contributed by atoms with van der Waals surface area (Å²) >= 11 is 0. The number of aliphatic hydroxyl groups is 1. The van der Waals surface area contributed by atoms with Gasteiger partial charge in [0.15, 0.2) is 0 Å². The van der Waals surface area contributed by atoms with Crippen LogP contribution in [0.1, 0.15) is 37.6 Å². The minimum atomic E-state index is -0.565. The number of nitrogens with zero attached hydrogens (tertiary/aromatic N) is 3. The molecule has 1 N–H and O–H groups in total. The van der Waals surface area contributed by atoms with Crippen molar-refractivity contribution in [1.82, 2.24) is 10.1 Å². The zero-order chi connectivity index (χ0) is 15.6. The molecule has 112 valence electrons. The number of non-ortho nitro benzene ring substituents is 1. The van der Waals surface area contributed by atoms with Gasteiger partial charge in [0.25, 0.3) is 5.69 Å². The number of benzene rings is 1. The average Bonchev–Trinajstić information content (AvgIpc) is 2.95. The van der Waals surface area contributed by atoms with Gasteiger partial charge in [-0.05, 0) is 18.9 Å². The lowest BCUT2D eigenvalue weighted by Gasteiger charge is -2.11. The highest BCUT2D eigenvalue weighted by Gasteiger charge is 2.22. The lowest BCUT2D eigenvalue weighted by atomic mass is 10.0. The standard InChI is InChI=1S/C14H17N3O4/c1-4-12(18)9(3)14-15-13(16-21-14)11-7-10(17(19)20)6-5-8(11)2/h5-7,9,12,18H,4H2,1-3H3. The molecule has 7 nitrogen and oxygen atoms in total. The first kappa shape index (κ1) is 15.1. The van der Waals surface area contributed by atoms with Gasteiger partial charge in [-0.1, -0.05) is 25.1 Å². The van der Waals surface area contributed by atoms with E-state index in [0.717, 1.165) is 5.56 Å². The number of hydrogen-bond acceptors (Lipinski definition) is 6. The Kier molecular flexibility index (Phi) is 4.32. The van der Waals surface area contributed by atoms with Gasteiger partial charge in [-0.15, -0.1) is 0 Å². The highest BCUT2D eigenvalue weighted by molar-refractivity contribution is 5.63. The van der Waals surface area contributed by atoms with Crippen molar-refractivity contribution in [2.75, 3.05) is 0 Å². The summed E-state index contributed by atoms with van der Waals surface area (Å²) in [6, 6.07) is 4.50. The molecule has 1 aromatic heterocycles. The van der Waals surface area contributed by atoms with Gasteiger partial charge in [0.1, 0.15) is 0 Å². The Bertz CT molecular complexity index is 653. The summed E-state index contributed by atoms with van der Waals surface area (Å²) in [5.41, 5.74) is 1.35. The fourth-order valence-corrected chi connectivity index (χ4v) is 2.01. The van der Waals surface area contributed by atoms with Gasteiger partial charge in [0, 0.05) is 17.7 Å². The first-order valence-corrected chi connectivity index (χ1v) is 6.71. The normalized spacial score (nSPS) is 13.9. The van der Waals surface area contributed by atoms with E-state index in [9.17, 15) is 15.2 Å². The van der Waals surface area contributed by atoms with Crippen LogP contribution in [0.5, 0.6) is 0 Å². The van der Waals surface area contributed by atoms with Gasteiger partial charge in [-0.2, -0.15) is 4.98 Å². The molecule has 2 atom stereocenters. The van der Waals surface area contributed by atoms with Crippen molar-refractivity contribution in [2.24, 2.45) is 0 Å². The molecule has 0 spiro atoms. The van der Waals surface area contributed by atoms with Gasteiger partial charge < -0.3 is 9.63 Å². The SMILES string of the molecule is CCC(O)C(C)c1nc(-c2cc([N+](=O)[O-])ccc2C)no1. The van der Waals surface area contributed by atoms with E-state index in [4.69, 9.17) is 4.52 Å². The molecule has 0 bridgehead atoms. The van der Waals surface area contributed by atoms with Crippen LogP contribution in [0.3, 0.4) is 0 Å². The Morgan fingerprint density at radius 3 is 2.81 bits per heavy atom.